The predicted molar refractivity (Wildman–Crippen MR) is 82.4 cm³/mol. The standard InChI is InChI=1S/C13H20O6S2/c1-8(14)10(5-11(16)13(3,4)20)6-21-12(17)19-7-18-9(2)15/h10,20H,5-7H2,1-4H3/t10-/m0/s1. The Bertz CT molecular complexity index is 413. The van der Waals surface area contributed by atoms with E-state index in [9.17, 15) is 19.2 Å². The van der Waals surface area contributed by atoms with Crippen molar-refractivity contribution in [2.24, 2.45) is 5.92 Å². The maximum absolute atomic E-state index is 11.9. The fraction of sp³-hybridized carbons (Fsp3) is 0.692. The molecule has 6 nitrogen and oxygen atoms in total. The summed E-state index contributed by atoms with van der Waals surface area (Å²) in [7, 11) is 0. The molecular weight excluding hydrogens is 316 g/mol. The van der Waals surface area contributed by atoms with Gasteiger partial charge in [0.2, 0.25) is 6.79 Å². The molecule has 120 valence electrons. The summed E-state index contributed by atoms with van der Waals surface area (Å²) in [5.74, 6) is -1.35. The zero-order chi connectivity index (χ0) is 16.6. The molecule has 0 unspecified atom stereocenters. The van der Waals surface area contributed by atoms with Crippen molar-refractivity contribution >= 4 is 47.2 Å². The van der Waals surface area contributed by atoms with E-state index in [1.54, 1.807) is 13.8 Å². The Hall–Kier alpha value is -1.02. The molecule has 0 aliphatic heterocycles. The van der Waals surface area contributed by atoms with E-state index in [-0.39, 0.29) is 23.7 Å². The smallest absolute Gasteiger partial charge is 0.370 e. The Labute approximate surface area is 133 Å². The number of hydrogen-bond donors (Lipinski definition) is 1. The number of rotatable bonds is 8. The van der Waals surface area contributed by atoms with Crippen LogP contribution < -0.4 is 0 Å². The van der Waals surface area contributed by atoms with Gasteiger partial charge in [-0.15, -0.1) is 0 Å². The van der Waals surface area contributed by atoms with Gasteiger partial charge < -0.3 is 9.47 Å². The van der Waals surface area contributed by atoms with Gasteiger partial charge in [0.05, 0.1) is 4.75 Å². The van der Waals surface area contributed by atoms with Crippen molar-refractivity contribution in [3.63, 3.8) is 0 Å². The molecule has 0 heterocycles. The van der Waals surface area contributed by atoms with Crippen LogP contribution in [0.25, 0.3) is 0 Å². The molecule has 0 aliphatic carbocycles. The highest BCUT2D eigenvalue weighted by molar-refractivity contribution is 8.13. The molecule has 0 saturated heterocycles. The quantitative estimate of drug-likeness (QED) is 0.413. The summed E-state index contributed by atoms with van der Waals surface area (Å²) in [6.45, 7) is 5.40. The largest absolute Gasteiger partial charge is 0.428 e. The monoisotopic (exact) mass is 336 g/mol. The Balaban J connectivity index is 4.28. The van der Waals surface area contributed by atoms with Gasteiger partial charge in [-0.3, -0.25) is 14.4 Å². The van der Waals surface area contributed by atoms with Gasteiger partial charge in [-0.2, -0.15) is 12.6 Å². The highest BCUT2D eigenvalue weighted by Crippen LogP contribution is 2.22. The molecule has 0 fully saturated rings. The normalized spacial score (nSPS) is 12.4. The number of esters is 1. The third kappa shape index (κ3) is 9.52. The van der Waals surface area contributed by atoms with Crippen LogP contribution in [0.2, 0.25) is 0 Å². The third-order valence-electron chi connectivity index (χ3n) is 2.53. The van der Waals surface area contributed by atoms with Crippen LogP contribution in [0.3, 0.4) is 0 Å². The van der Waals surface area contributed by atoms with E-state index in [4.69, 9.17) is 0 Å². The highest BCUT2D eigenvalue weighted by Gasteiger charge is 2.28. The minimum absolute atomic E-state index is 0.0239. The summed E-state index contributed by atoms with van der Waals surface area (Å²) >= 11 is 4.93. The van der Waals surface area contributed by atoms with Gasteiger partial charge in [-0.1, -0.05) is 0 Å². The molecule has 0 aromatic carbocycles. The minimum Gasteiger partial charge on any atom is -0.428 e. The van der Waals surface area contributed by atoms with Gasteiger partial charge in [0.1, 0.15) is 11.6 Å². The molecule has 0 saturated carbocycles. The topological polar surface area (TPSA) is 86.7 Å². The van der Waals surface area contributed by atoms with Crippen LogP contribution in [0.1, 0.15) is 34.1 Å². The molecule has 0 N–H and O–H groups in total. The lowest BCUT2D eigenvalue weighted by molar-refractivity contribution is -0.148. The maximum Gasteiger partial charge on any atom is 0.370 e. The summed E-state index contributed by atoms with van der Waals surface area (Å²) in [4.78, 5) is 45.2. The molecule has 0 rings (SSSR count). The molecule has 0 aromatic heterocycles. The maximum atomic E-state index is 11.9. The van der Waals surface area contributed by atoms with Crippen LogP contribution in [0, 0.1) is 5.92 Å². The highest BCUT2D eigenvalue weighted by atomic mass is 32.2. The van der Waals surface area contributed by atoms with E-state index in [0.29, 0.717) is 0 Å². The molecule has 0 bridgehead atoms. The molecule has 21 heavy (non-hydrogen) atoms. The van der Waals surface area contributed by atoms with E-state index in [0.717, 1.165) is 11.8 Å². The second-order valence-corrected chi connectivity index (χ2v) is 7.03. The summed E-state index contributed by atoms with van der Waals surface area (Å²) < 4.78 is 8.25. The third-order valence-corrected chi connectivity index (χ3v) is 3.70. The predicted octanol–water partition coefficient (Wildman–Crippen LogP) is 2.25. The molecule has 8 heteroatoms. The van der Waals surface area contributed by atoms with E-state index in [1.165, 1.54) is 13.8 Å². The summed E-state index contributed by atoms with van der Waals surface area (Å²) in [6.07, 6.45) is 0.0239. The Kier molecular flexibility index (Phi) is 8.65. The van der Waals surface area contributed by atoms with Crippen LogP contribution >= 0.6 is 24.4 Å². The van der Waals surface area contributed by atoms with Crippen LogP contribution in [0.15, 0.2) is 0 Å². The van der Waals surface area contributed by atoms with Crippen molar-refractivity contribution in [3.8, 4) is 0 Å². The van der Waals surface area contributed by atoms with Crippen LogP contribution in [-0.2, 0) is 23.9 Å². The van der Waals surface area contributed by atoms with Crippen molar-refractivity contribution in [2.75, 3.05) is 12.5 Å². The second-order valence-electron chi connectivity index (χ2n) is 4.95. The van der Waals surface area contributed by atoms with E-state index >= 15 is 0 Å². The lowest BCUT2D eigenvalue weighted by atomic mass is 9.94. The van der Waals surface area contributed by atoms with Gasteiger partial charge >= 0.3 is 11.3 Å². The Morgan fingerprint density at radius 2 is 1.71 bits per heavy atom. The Morgan fingerprint density at radius 1 is 1.14 bits per heavy atom. The first-order valence-corrected chi connectivity index (χ1v) is 7.66. The van der Waals surface area contributed by atoms with E-state index in [1.807, 2.05) is 0 Å². The number of carbonyl (C=O) groups excluding carboxylic acids is 4. The van der Waals surface area contributed by atoms with Gasteiger partial charge in [-0.05, 0) is 32.5 Å². The van der Waals surface area contributed by atoms with Crippen LogP contribution in [0.5, 0.6) is 0 Å². The van der Waals surface area contributed by atoms with Crippen molar-refractivity contribution < 1.29 is 28.7 Å². The molecule has 0 aromatic rings. The number of ether oxygens (including phenoxy) is 2. The number of carbonyl (C=O) groups is 4. The lowest BCUT2D eigenvalue weighted by Gasteiger charge is -2.19. The minimum atomic E-state index is -0.825. The Morgan fingerprint density at radius 3 is 2.14 bits per heavy atom. The number of hydrogen-bond acceptors (Lipinski definition) is 8. The first kappa shape index (κ1) is 20.0. The number of ketones is 2. The first-order valence-electron chi connectivity index (χ1n) is 6.23. The lowest BCUT2D eigenvalue weighted by Crippen LogP contribution is -2.30. The number of Topliss-reactive ketones (excluding diaryl/α,β-unsaturated/α-hetero) is 2. The zero-order valence-corrected chi connectivity index (χ0v) is 14.2. The molecule has 0 aliphatic rings. The van der Waals surface area contributed by atoms with Crippen molar-refractivity contribution in [1.29, 1.82) is 0 Å². The van der Waals surface area contributed by atoms with Gasteiger partial charge in [-0.25, -0.2) is 4.79 Å². The second kappa shape index (κ2) is 9.09. The molecule has 0 spiro atoms. The van der Waals surface area contributed by atoms with Gasteiger partial charge in [0.25, 0.3) is 0 Å². The fourth-order valence-electron chi connectivity index (χ4n) is 1.16. The van der Waals surface area contributed by atoms with Gasteiger partial charge in [0.15, 0.2) is 0 Å². The summed E-state index contributed by atoms with van der Waals surface area (Å²) in [6, 6.07) is 0. The summed E-state index contributed by atoms with van der Waals surface area (Å²) in [5.41, 5.74) is 0. The zero-order valence-electron chi connectivity index (χ0n) is 12.5. The van der Waals surface area contributed by atoms with Crippen LogP contribution in [0.4, 0.5) is 4.79 Å². The van der Waals surface area contributed by atoms with Crippen molar-refractivity contribution in [1.82, 2.24) is 0 Å². The van der Waals surface area contributed by atoms with Crippen molar-refractivity contribution in [3.05, 3.63) is 0 Å². The van der Waals surface area contributed by atoms with Crippen molar-refractivity contribution in [2.45, 2.75) is 38.9 Å². The molecule has 1 atom stereocenters. The van der Waals surface area contributed by atoms with E-state index < -0.39 is 28.7 Å². The van der Waals surface area contributed by atoms with E-state index in [2.05, 4.69) is 22.1 Å². The molecular formula is C13H20O6S2. The average molecular weight is 336 g/mol. The number of thiol groups is 1. The first-order chi connectivity index (χ1) is 9.54. The number of thioether (sulfide) groups is 1. The SMILES string of the molecule is CC(=O)OCOC(=O)SC[C@H](CC(=O)C(C)(C)S)C(C)=O. The van der Waals surface area contributed by atoms with Gasteiger partial charge in [0, 0.05) is 25.0 Å². The van der Waals surface area contributed by atoms with Crippen LogP contribution in [-0.4, -0.2) is 40.1 Å². The average Bonchev–Trinajstić information content (AvgIpc) is 2.31. The molecule has 0 radical (unpaired) electrons. The fourth-order valence-corrected chi connectivity index (χ4v) is 2.08. The summed E-state index contributed by atoms with van der Waals surface area (Å²) in [5, 5.41) is -0.667. The molecule has 0 amide bonds.